The van der Waals surface area contributed by atoms with Crippen LogP contribution in [0.2, 0.25) is 5.02 Å². The zero-order valence-corrected chi connectivity index (χ0v) is 18.4. The van der Waals surface area contributed by atoms with Crippen LogP contribution in [0.25, 0.3) is 5.69 Å². The summed E-state index contributed by atoms with van der Waals surface area (Å²) >= 11 is 7.45. The molecule has 0 aliphatic carbocycles. The molecule has 30 heavy (non-hydrogen) atoms. The highest BCUT2D eigenvalue weighted by Crippen LogP contribution is 2.37. The molecular weight excluding hydrogens is 444 g/mol. The third-order valence-electron chi connectivity index (χ3n) is 4.36. The molecule has 0 saturated heterocycles. The number of alkyl halides is 3. The van der Waals surface area contributed by atoms with Crippen LogP contribution in [-0.2, 0) is 13.2 Å². The van der Waals surface area contributed by atoms with Crippen molar-refractivity contribution in [3.05, 3.63) is 67.7 Å². The molecule has 0 fully saturated rings. The summed E-state index contributed by atoms with van der Waals surface area (Å²) in [4.78, 5) is 25.2. The monoisotopic (exact) mass is 464 g/mol. The van der Waals surface area contributed by atoms with Gasteiger partial charge in [0, 0.05) is 23.3 Å². The molecule has 4 nitrogen and oxygen atoms in total. The molecule has 10 heteroatoms. The molecule has 0 radical (unpaired) electrons. The van der Waals surface area contributed by atoms with Crippen molar-refractivity contribution in [2.75, 3.05) is 0 Å². The van der Waals surface area contributed by atoms with E-state index in [1.807, 2.05) is 20.8 Å². The topological polar surface area (TPSA) is 44.0 Å². The zero-order valence-electron chi connectivity index (χ0n) is 16.8. The van der Waals surface area contributed by atoms with Crippen molar-refractivity contribution >= 4 is 23.4 Å². The summed E-state index contributed by atoms with van der Waals surface area (Å²) in [6.07, 6.45) is -4.15. The Hall–Kier alpha value is -2.00. The highest BCUT2D eigenvalue weighted by Gasteiger charge is 2.35. The van der Waals surface area contributed by atoms with Crippen molar-refractivity contribution < 1.29 is 17.6 Å². The van der Waals surface area contributed by atoms with Crippen molar-refractivity contribution in [1.82, 2.24) is 9.13 Å². The maximum Gasteiger partial charge on any atom is 0.431 e. The van der Waals surface area contributed by atoms with Crippen molar-refractivity contribution in [2.45, 2.75) is 43.5 Å². The Balaban J connectivity index is 2.66. The summed E-state index contributed by atoms with van der Waals surface area (Å²) in [6, 6.07) is 2.40. The van der Waals surface area contributed by atoms with Crippen LogP contribution in [0.5, 0.6) is 0 Å². The van der Waals surface area contributed by atoms with Crippen molar-refractivity contribution in [2.24, 2.45) is 13.0 Å². The molecule has 0 N–H and O–H groups in total. The molecule has 0 aliphatic rings. The zero-order chi connectivity index (χ0) is 23.0. The summed E-state index contributed by atoms with van der Waals surface area (Å²) in [7, 11) is 0.865. The lowest BCUT2D eigenvalue weighted by atomic mass is 10.0. The van der Waals surface area contributed by atoms with Gasteiger partial charge in [0.05, 0.1) is 10.7 Å². The minimum Gasteiger partial charge on any atom is -0.292 e. The standard InChI is InChI=1S/C20H21ClF4N2O2S/c1-10(2)6-15(11(3)4)30-16-8-14(13(22)7-12(16)21)27-18(28)9-17(20(23,24)25)26(5)19(27)29/h7-10,15H,3,6H2,1-2,4-5H3. The summed E-state index contributed by atoms with van der Waals surface area (Å²) in [5.74, 6) is -0.665. The average Bonchev–Trinajstić information content (AvgIpc) is 2.59. The highest BCUT2D eigenvalue weighted by atomic mass is 35.5. The molecule has 1 atom stereocenters. The fourth-order valence-electron chi connectivity index (χ4n) is 2.83. The Kier molecular flexibility index (Phi) is 7.29. The van der Waals surface area contributed by atoms with Crippen LogP contribution >= 0.6 is 23.4 Å². The first-order chi connectivity index (χ1) is 13.7. The second-order valence-electron chi connectivity index (χ2n) is 7.36. The highest BCUT2D eigenvalue weighted by molar-refractivity contribution is 8.00. The Morgan fingerprint density at radius 2 is 1.83 bits per heavy atom. The van der Waals surface area contributed by atoms with E-state index in [-0.39, 0.29) is 20.9 Å². The Bertz CT molecular complexity index is 1090. The van der Waals surface area contributed by atoms with Crippen molar-refractivity contribution in [3.63, 3.8) is 0 Å². The van der Waals surface area contributed by atoms with Gasteiger partial charge in [0.1, 0.15) is 11.5 Å². The first-order valence-electron chi connectivity index (χ1n) is 8.95. The molecular formula is C20H21ClF4N2O2S. The Labute approximate surface area is 180 Å². The van der Waals surface area contributed by atoms with Gasteiger partial charge >= 0.3 is 11.9 Å². The molecule has 164 valence electrons. The number of aromatic nitrogens is 2. The fourth-order valence-corrected chi connectivity index (χ4v) is 4.45. The van der Waals surface area contributed by atoms with E-state index >= 15 is 0 Å². The van der Waals surface area contributed by atoms with Crippen LogP contribution in [0.15, 0.2) is 44.8 Å². The molecule has 2 rings (SSSR count). The van der Waals surface area contributed by atoms with Gasteiger partial charge in [-0.05, 0) is 31.4 Å². The maximum absolute atomic E-state index is 14.6. The van der Waals surface area contributed by atoms with Gasteiger partial charge in [0.15, 0.2) is 0 Å². The third kappa shape index (κ3) is 5.18. The number of nitrogens with zero attached hydrogens (tertiary/aromatic N) is 2. The van der Waals surface area contributed by atoms with Crippen LogP contribution in [0.3, 0.4) is 0 Å². The van der Waals surface area contributed by atoms with E-state index in [1.165, 1.54) is 17.8 Å². The van der Waals surface area contributed by atoms with E-state index < -0.39 is 34.6 Å². The van der Waals surface area contributed by atoms with Gasteiger partial charge in [-0.2, -0.15) is 13.2 Å². The SMILES string of the molecule is C=C(C)C(CC(C)C)Sc1cc(-n2c(=O)cc(C(F)(F)F)n(C)c2=O)c(F)cc1Cl. The van der Waals surface area contributed by atoms with Crippen LogP contribution < -0.4 is 11.2 Å². The van der Waals surface area contributed by atoms with Gasteiger partial charge in [-0.3, -0.25) is 9.36 Å². The minimum atomic E-state index is -4.91. The fraction of sp³-hybridized carbons (Fsp3) is 0.400. The normalized spacial score (nSPS) is 13.0. The maximum atomic E-state index is 14.6. The van der Waals surface area contributed by atoms with Crippen LogP contribution in [0.4, 0.5) is 17.6 Å². The predicted octanol–water partition coefficient (Wildman–Crippen LogP) is 5.43. The molecule has 1 aromatic carbocycles. The summed E-state index contributed by atoms with van der Waals surface area (Å²) < 4.78 is 54.4. The van der Waals surface area contributed by atoms with Gasteiger partial charge in [-0.25, -0.2) is 13.8 Å². The molecule has 1 unspecified atom stereocenters. The molecule has 0 amide bonds. The van der Waals surface area contributed by atoms with E-state index in [0.29, 0.717) is 15.4 Å². The molecule has 0 aliphatic heterocycles. The summed E-state index contributed by atoms with van der Waals surface area (Å²) in [6.45, 7) is 9.85. The smallest absolute Gasteiger partial charge is 0.292 e. The predicted molar refractivity (Wildman–Crippen MR) is 111 cm³/mol. The van der Waals surface area contributed by atoms with Crippen molar-refractivity contribution in [1.29, 1.82) is 0 Å². The number of benzene rings is 1. The molecule has 0 spiro atoms. The molecule has 2 aromatic rings. The molecule has 0 saturated carbocycles. The molecule has 1 aromatic heterocycles. The lowest BCUT2D eigenvalue weighted by molar-refractivity contribution is -0.144. The second-order valence-corrected chi connectivity index (χ2v) is 9.01. The minimum absolute atomic E-state index is 0.0621. The second kappa shape index (κ2) is 9.01. The van der Waals surface area contributed by atoms with Crippen LogP contribution in [0.1, 0.15) is 32.9 Å². The quantitative estimate of drug-likeness (QED) is 0.325. The van der Waals surface area contributed by atoms with Crippen LogP contribution in [-0.4, -0.2) is 14.4 Å². The average molecular weight is 465 g/mol. The third-order valence-corrected chi connectivity index (χ3v) is 6.25. The largest absolute Gasteiger partial charge is 0.431 e. The van der Waals surface area contributed by atoms with Crippen molar-refractivity contribution in [3.8, 4) is 5.69 Å². The number of hydrogen-bond acceptors (Lipinski definition) is 3. The van der Waals surface area contributed by atoms with E-state index in [0.717, 1.165) is 25.1 Å². The van der Waals surface area contributed by atoms with Crippen LogP contribution in [0, 0.1) is 11.7 Å². The van der Waals surface area contributed by atoms with E-state index in [4.69, 9.17) is 11.6 Å². The Morgan fingerprint density at radius 3 is 2.33 bits per heavy atom. The van der Waals surface area contributed by atoms with Gasteiger partial charge in [0.2, 0.25) is 0 Å². The van der Waals surface area contributed by atoms with E-state index in [2.05, 4.69) is 6.58 Å². The van der Waals surface area contributed by atoms with E-state index in [1.54, 1.807) is 0 Å². The lowest BCUT2D eigenvalue weighted by Gasteiger charge is -2.20. The number of halogens is 5. The first kappa shape index (κ1) is 24.3. The Morgan fingerprint density at radius 1 is 1.23 bits per heavy atom. The number of hydrogen-bond donors (Lipinski definition) is 0. The van der Waals surface area contributed by atoms with E-state index in [9.17, 15) is 27.2 Å². The summed E-state index contributed by atoms with van der Waals surface area (Å²) in [5, 5.41) is 0.000937. The molecule has 0 bridgehead atoms. The van der Waals surface area contributed by atoms with Gasteiger partial charge in [0.25, 0.3) is 5.56 Å². The molecule has 1 heterocycles. The summed E-state index contributed by atoms with van der Waals surface area (Å²) in [5.41, 5.74) is -3.63. The van der Waals surface area contributed by atoms with Gasteiger partial charge < -0.3 is 0 Å². The lowest BCUT2D eigenvalue weighted by Crippen LogP contribution is -2.41. The first-order valence-corrected chi connectivity index (χ1v) is 10.2. The van der Waals surface area contributed by atoms with Gasteiger partial charge in [-0.15, -0.1) is 11.8 Å². The number of rotatable bonds is 6. The van der Waals surface area contributed by atoms with Gasteiger partial charge in [-0.1, -0.05) is 37.6 Å². The number of thioether (sulfide) groups is 1.